The van der Waals surface area contributed by atoms with E-state index in [1.165, 1.54) is 26.4 Å². The van der Waals surface area contributed by atoms with E-state index in [9.17, 15) is 15.0 Å². The zero-order chi connectivity index (χ0) is 21.2. The van der Waals surface area contributed by atoms with Crippen LogP contribution in [0, 0.1) is 0 Å². The maximum Gasteiger partial charge on any atom is 0.308 e. The number of aromatic hydroxyl groups is 1. The van der Waals surface area contributed by atoms with Crippen LogP contribution in [0.25, 0.3) is 0 Å². The van der Waals surface area contributed by atoms with Gasteiger partial charge in [0.05, 0.1) is 19.1 Å². The van der Waals surface area contributed by atoms with E-state index in [0.29, 0.717) is 5.75 Å². The summed E-state index contributed by atoms with van der Waals surface area (Å²) < 4.78 is 10.9. The first-order valence-electron chi connectivity index (χ1n) is 10.3. The molecular formula is C23H36O5. The molecule has 2 rings (SSSR count). The lowest BCUT2D eigenvalue weighted by Crippen LogP contribution is -2.45. The van der Waals surface area contributed by atoms with Gasteiger partial charge in [0.25, 0.3) is 0 Å². The molecule has 0 bridgehead atoms. The van der Waals surface area contributed by atoms with Crippen molar-refractivity contribution < 1.29 is 24.5 Å². The Hall–Kier alpha value is -1.75. The van der Waals surface area contributed by atoms with Crippen LogP contribution in [0.4, 0.5) is 0 Å². The lowest BCUT2D eigenvalue weighted by atomic mass is 9.74. The van der Waals surface area contributed by atoms with Crippen molar-refractivity contribution in [1.29, 1.82) is 0 Å². The summed E-state index contributed by atoms with van der Waals surface area (Å²) in [4.78, 5) is 11.9. The number of methoxy groups -OCH3 is 1. The zero-order valence-corrected chi connectivity index (χ0v) is 18.2. The monoisotopic (exact) mass is 392 g/mol. The van der Waals surface area contributed by atoms with Gasteiger partial charge in [0.2, 0.25) is 0 Å². The quantitative estimate of drug-likeness (QED) is 0.483. The SMILES string of the molecule is CCCCCCC(C)(C)c1cc(O)c2c(c1)OC(C)(C)CC2(O)CC(=O)OC. The topological polar surface area (TPSA) is 76.0 Å². The molecule has 1 unspecified atom stereocenters. The standard InChI is InChI=1S/C23H36O5/c1-7-8-9-10-11-21(2,3)16-12-17(24)20-18(13-16)28-22(4,5)15-23(20,26)14-19(25)27-6/h12-13,24,26H,7-11,14-15H2,1-6H3. The van der Waals surface area contributed by atoms with Crippen LogP contribution in [0.1, 0.15) is 90.7 Å². The summed E-state index contributed by atoms with van der Waals surface area (Å²) in [6.07, 6.45) is 5.70. The van der Waals surface area contributed by atoms with E-state index in [1.54, 1.807) is 6.07 Å². The van der Waals surface area contributed by atoms with E-state index in [1.807, 2.05) is 19.9 Å². The van der Waals surface area contributed by atoms with Gasteiger partial charge in [-0.05, 0) is 43.4 Å². The van der Waals surface area contributed by atoms with Gasteiger partial charge in [-0.2, -0.15) is 0 Å². The molecule has 0 radical (unpaired) electrons. The molecule has 0 aliphatic carbocycles. The molecule has 1 heterocycles. The predicted octanol–water partition coefficient (Wildman–Crippen LogP) is 4.95. The number of hydrogen-bond acceptors (Lipinski definition) is 5. The van der Waals surface area contributed by atoms with Crippen LogP contribution in [0.3, 0.4) is 0 Å². The summed E-state index contributed by atoms with van der Waals surface area (Å²) >= 11 is 0. The van der Waals surface area contributed by atoms with Gasteiger partial charge in [-0.3, -0.25) is 4.79 Å². The van der Waals surface area contributed by atoms with Gasteiger partial charge in [0.1, 0.15) is 22.7 Å². The van der Waals surface area contributed by atoms with Crippen LogP contribution in [0.2, 0.25) is 0 Å². The van der Waals surface area contributed by atoms with Crippen molar-refractivity contribution in [2.45, 2.75) is 96.2 Å². The number of phenolic OH excluding ortho intramolecular Hbond substituents is 1. The highest BCUT2D eigenvalue weighted by Gasteiger charge is 2.48. The summed E-state index contributed by atoms with van der Waals surface area (Å²) in [6.45, 7) is 10.3. The first kappa shape index (κ1) is 22.5. The molecule has 1 aromatic rings. The number of ether oxygens (including phenoxy) is 2. The first-order valence-corrected chi connectivity index (χ1v) is 10.3. The number of esters is 1. The normalized spacial score (nSPS) is 21.0. The van der Waals surface area contributed by atoms with Crippen LogP contribution < -0.4 is 4.74 Å². The molecule has 1 atom stereocenters. The number of phenols is 1. The Morgan fingerprint density at radius 3 is 2.54 bits per heavy atom. The minimum absolute atomic E-state index is 0.0314. The van der Waals surface area contributed by atoms with Crippen molar-refractivity contribution in [3.05, 3.63) is 23.3 Å². The summed E-state index contributed by atoms with van der Waals surface area (Å²) in [7, 11) is 1.29. The van der Waals surface area contributed by atoms with Gasteiger partial charge in [-0.1, -0.05) is 46.5 Å². The van der Waals surface area contributed by atoms with Crippen molar-refractivity contribution in [1.82, 2.24) is 0 Å². The van der Waals surface area contributed by atoms with Gasteiger partial charge in [0.15, 0.2) is 0 Å². The van der Waals surface area contributed by atoms with E-state index >= 15 is 0 Å². The van der Waals surface area contributed by atoms with Crippen molar-refractivity contribution in [3.8, 4) is 11.5 Å². The number of aliphatic hydroxyl groups is 1. The molecule has 1 aromatic carbocycles. The maximum atomic E-state index is 11.9. The largest absolute Gasteiger partial charge is 0.507 e. The number of hydrogen-bond donors (Lipinski definition) is 2. The second kappa shape index (κ2) is 8.32. The van der Waals surface area contributed by atoms with E-state index in [0.717, 1.165) is 18.4 Å². The molecule has 0 fully saturated rings. The van der Waals surface area contributed by atoms with Crippen LogP contribution in [-0.2, 0) is 20.5 Å². The molecule has 0 amide bonds. The van der Waals surface area contributed by atoms with Crippen molar-refractivity contribution in [2.24, 2.45) is 0 Å². The number of benzene rings is 1. The molecular weight excluding hydrogens is 356 g/mol. The predicted molar refractivity (Wildman–Crippen MR) is 110 cm³/mol. The fourth-order valence-electron chi connectivity index (χ4n) is 4.27. The zero-order valence-electron chi connectivity index (χ0n) is 18.2. The van der Waals surface area contributed by atoms with E-state index in [4.69, 9.17) is 9.47 Å². The number of unbranched alkanes of at least 4 members (excludes halogenated alkanes) is 3. The fraction of sp³-hybridized carbons (Fsp3) is 0.696. The highest BCUT2D eigenvalue weighted by Crippen LogP contribution is 2.51. The molecule has 1 aliphatic rings. The van der Waals surface area contributed by atoms with Crippen LogP contribution in [0.5, 0.6) is 11.5 Å². The van der Waals surface area contributed by atoms with Gasteiger partial charge < -0.3 is 19.7 Å². The Morgan fingerprint density at radius 1 is 1.25 bits per heavy atom. The summed E-state index contributed by atoms with van der Waals surface area (Å²) in [5.74, 6) is -0.110. The lowest BCUT2D eigenvalue weighted by Gasteiger charge is -2.43. The number of fused-ring (bicyclic) bond motifs is 1. The minimum atomic E-state index is -1.53. The van der Waals surface area contributed by atoms with Gasteiger partial charge >= 0.3 is 5.97 Å². The third kappa shape index (κ3) is 4.99. The first-order chi connectivity index (χ1) is 12.9. The Bertz CT molecular complexity index is 707. The molecule has 1 aliphatic heterocycles. The molecule has 28 heavy (non-hydrogen) atoms. The van der Waals surface area contributed by atoms with E-state index < -0.39 is 17.2 Å². The fourth-order valence-corrected chi connectivity index (χ4v) is 4.27. The second-order valence-electron chi connectivity index (χ2n) is 9.39. The average Bonchev–Trinajstić information content (AvgIpc) is 2.56. The summed E-state index contributed by atoms with van der Waals surface area (Å²) in [6, 6.07) is 3.63. The number of carbonyl (C=O) groups excluding carboxylic acids is 1. The Kier molecular flexibility index (Phi) is 6.70. The van der Waals surface area contributed by atoms with Crippen LogP contribution >= 0.6 is 0 Å². The Morgan fingerprint density at radius 2 is 1.93 bits per heavy atom. The molecule has 5 nitrogen and oxygen atoms in total. The Balaban J connectivity index is 2.42. The maximum absolute atomic E-state index is 11.9. The third-order valence-corrected chi connectivity index (χ3v) is 5.75. The molecule has 2 N–H and O–H groups in total. The van der Waals surface area contributed by atoms with Crippen LogP contribution in [0.15, 0.2) is 12.1 Å². The second-order valence-corrected chi connectivity index (χ2v) is 9.39. The third-order valence-electron chi connectivity index (χ3n) is 5.75. The van der Waals surface area contributed by atoms with Crippen molar-refractivity contribution in [2.75, 3.05) is 7.11 Å². The molecule has 5 heteroatoms. The van der Waals surface area contributed by atoms with Gasteiger partial charge in [-0.25, -0.2) is 0 Å². The average molecular weight is 393 g/mol. The highest BCUT2D eigenvalue weighted by molar-refractivity contribution is 5.72. The van der Waals surface area contributed by atoms with E-state index in [2.05, 4.69) is 20.8 Å². The van der Waals surface area contributed by atoms with E-state index in [-0.39, 0.29) is 29.6 Å². The molecule has 0 saturated heterocycles. The number of carbonyl (C=O) groups is 1. The van der Waals surface area contributed by atoms with Crippen molar-refractivity contribution >= 4 is 5.97 Å². The highest BCUT2D eigenvalue weighted by atomic mass is 16.5. The smallest absolute Gasteiger partial charge is 0.308 e. The van der Waals surface area contributed by atoms with Crippen LogP contribution in [-0.4, -0.2) is 28.9 Å². The summed E-state index contributed by atoms with van der Waals surface area (Å²) in [5, 5.41) is 22.1. The van der Waals surface area contributed by atoms with Gasteiger partial charge in [-0.15, -0.1) is 0 Å². The Labute approximate surface area is 169 Å². The molecule has 0 aromatic heterocycles. The molecule has 0 spiro atoms. The minimum Gasteiger partial charge on any atom is -0.507 e. The lowest BCUT2D eigenvalue weighted by molar-refractivity contribution is -0.150. The molecule has 158 valence electrons. The summed E-state index contributed by atoms with van der Waals surface area (Å²) in [5.41, 5.74) is -1.09. The van der Waals surface area contributed by atoms with Crippen molar-refractivity contribution in [3.63, 3.8) is 0 Å². The number of rotatable bonds is 8. The van der Waals surface area contributed by atoms with Gasteiger partial charge in [0, 0.05) is 6.42 Å². The molecule has 0 saturated carbocycles.